The smallest absolute Gasteiger partial charge is 0.416 e. The van der Waals surface area contributed by atoms with Crippen molar-refractivity contribution >= 4 is 23.3 Å². The largest absolute Gasteiger partial charge is 0.493 e. The van der Waals surface area contributed by atoms with Gasteiger partial charge in [-0.05, 0) is 49.4 Å². The molecule has 0 atom stereocenters. The number of nitrogens with zero attached hydrogens (tertiary/aromatic N) is 2. The van der Waals surface area contributed by atoms with Crippen molar-refractivity contribution in [3.05, 3.63) is 71.9 Å². The number of ether oxygens (including phenoxy) is 2. The summed E-state index contributed by atoms with van der Waals surface area (Å²) in [6.45, 7) is 2.14. The Hall–Kier alpha value is -4.28. The monoisotopic (exact) mass is 489 g/mol. The maximum Gasteiger partial charge on any atom is 0.416 e. The maximum absolute atomic E-state index is 12.7. The number of carboxylic acid groups (broad SMARTS) is 1. The number of alkyl halides is 3. The van der Waals surface area contributed by atoms with E-state index in [1.165, 1.54) is 25.4 Å². The van der Waals surface area contributed by atoms with Gasteiger partial charge in [0.15, 0.2) is 11.5 Å². The topological polar surface area (TPSA) is 101 Å². The first-order valence-corrected chi connectivity index (χ1v) is 10.4. The van der Waals surface area contributed by atoms with Gasteiger partial charge in [-0.2, -0.15) is 13.2 Å². The van der Waals surface area contributed by atoms with Crippen molar-refractivity contribution in [3.63, 3.8) is 0 Å². The molecule has 0 bridgehead atoms. The van der Waals surface area contributed by atoms with Crippen LogP contribution in [0.1, 0.15) is 22.8 Å². The molecule has 2 aromatic carbocycles. The number of nitrogens with one attached hydrogen (secondary N) is 1. The number of amides is 1. The summed E-state index contributed by atoms with van der Waals surface area (Å²) in [5, 5.41) is 11.6. The summed E-state index contributed by atoms with van der Waals surface area (Å²) < 4.78 is 49.1. The van der Waals surface area contributed by atoms with Gasteiger partial charge in [0.2, 0.25) is 5.88 Å². The lowest BCUT2D eigenvalue weighted by atomic mass is 10.2. The number of likely N-dealkylation sites (N-methyl/N-ethyl adjacent to an activating group) is 1. The molecule has 0 saturated heterocycles. The van der Waals surface area contributed by atoms with Crippen LogP contribution in [0.5, 0.6) is 17.4 Å². The van der Waals surface area contributed by atoms with E-state index in [4.69, 9.17) is 14.6 Å². The average molecular weight is 489 g/mol. The highest BCUT2D eigenvalue weighted by Gasteiger charge is 2.30. The third kappa shape index (κ3) is 6.62. The van der Waals surface area contributed by atoms with Crippen molar-refractivity contribution in [1.82, 2.24) is 4.98 Å². The minimum absolute atomic E-state index is 0.167. The first-order valence-electron chi connectivity index (χ1n) is 10.4. The molecule has 0 spiro atoms. The van der Waals surface area contributed by atoms with Crippen LogP contribution >= 0.6 is 0 Å². The summed E-state index contributed by atoms with van der Waals surface area (Å²) in [5.41, 5.74) is 0.206. The summed E-state index contributed by atoms with van der Waals surface area (Å²) in [6.07, 6.45) is -3.19. The fraction of sp³-hybridized carbons (Fsp3) is 0.208. The fourth-order valence-corrected chi connectivity index (χ4v) is 3.12. The van der Waals surface area contributed by atoms with E-state index in [0.717, 1.165) is 24.3 Å². The van der Waals surface area contributed by atoms with Crippen molar-refractivity contribution in [1.29, 1.82) is 0 Å². The molecule has 1 amide bonds. The maximum atomic E-state index is 12.7. The summed E-state index contributed by atoms with van der Waals surface area (Å²) in [7, 11) is 1.45. The van der Waals surface area contributed by atoms with E-state index >= 15 is 0 Å². The number of hydrogen-bond donors (Lipinski definition) is 2. The van der Waals surface area contributed by atoms with E-state index in [1.807, 2.05) is 6.92 Å². The Morgan fingerprint density at radius 2 is 1.77 bits per heavy atom. The molecule has 0 aliphatic carbocycles. The number of carbonyl (C=O) groups excluding carboxylic acids is 1. The zero-order chi connectivity index (χ0) is 25.6. The normalized spacial score (nSPS) is 11.0. The van der Waals surface area contributed by atoms with Gasteiger partial charge in [-0.15, -0.1) is 0 Å². The van der Waals surface area contributed by atoms with E-state index < -0.39 is 23.6 Å². The molecule has 0 aliphatic heterocycles. The predicted octanol–water partition coefficient (Wildman–Crippen LogP) is 5.06. The number of rotatable bonds is 9. The highest BCUT2D eigenvalue weighted by atomic mass is 19.4. The predicted molar refractivity (Wildman–Crippen MR) is 122 cm³/mol. The number of aromatic nitrogens is 1. The molecule has 0 unspecified atom stereocenters. The molecule has 1 heterocycles. The molecule has 11 heteroatoms. The van der Waals surface area contributed by atoms with Crippen LogP contribution in [0.3, 0.4) is 0 Å². The minimum atomic E-state index is -4.46. The Labute approximate surface area is 198 Å². The minimum Gasteiger partial charge on any atom is -0.493 e. The molecule has 0 saturated carbocycles. The quantitative estimate of drug-likeness (QED) is 0.433. The average Bonchev–Trinajstić information content (AvgIpc) is 2.83. The Balaban J connectivity index is 1.68. The number of benzene rings is 2. The van der Waals surface area contributed by atoms with Gasteiger partial charge in [-0.3, -0.25) is 9.59 Å². The molecule has 3 rings (SSSR count). The Morgan fingerprint density at radius 1 is 1.06 bits per heavy atom. The number of carboxylic acids is 1. The van der Waals surface area contributed by atoms with E-state index in [1.54, 1.807) is 23.1 Å². The van der Waals surface area contributed by atoms with Crippen LogP contribution in [0.4, 0.5) is 24.5 Å². The van der Waals surface area contributed by atoms with Crippen LogP contribution in [0, 0.1) is 0 Å². The summed E-state index contributed by atoms with van der Waals surface area (Å²) in [5.74, 6) is -0.656. The van der Waals surface area contributed by atoms with E-state index in [9.17, 15) is 22.8 Å². The number of hydrogen-bond acceptors (Lipinski definition) is 6. The highest BCUT2D eigenvalue weighted by molar-refractivity contribution is 6.04. The van der Waals surface area contributed by atoms with Crippen LogP contribution in [-0.4, -0.2) is 42.2 Å². The van der Waals surface area contributed by atoms with Crippen molar-refractivity contribution in [2.75, 3.05) is 30.4 Å². The first-order chi connectivity index (χ1) is 16.6. The van der Waals surface area contributed by atoms with Crippen molar-refractivity contribution in [3.8, 4) is 17.4 Å². The van der Waals surface area contributed by atoms with Gasteiger partial charge in [-0.25, -0.2) is 4.98 Å². The van der Waals surface area contributed by atoms with Gasteiger partial charge < -0.3 is 24.8 Å². The second kappa shape index (κ2) is 10.8. The number of anilines is 2. The SMILES string of the molecule is CCN(CC(=O)O)c1ccc(Oc2ccc(C(=O)Nc3ccc(C(F)(F)F)cc3)cn2)c(OC)c1. The zero-order valence-electron chi connectivity index (χ0n) is 18.8. The summed E-state index contributed by atoms with van der Waals surface area (Å²) in [4.78, 5) is 29.2. The van der Waals surface area contributed by atoms with E-state index in [0.29, 0.717) is 23.7 Å². The van der Waals surface area contributed by atoms with Gasteiger partial charge in [0.25, 0.3) is 5.91 Å². The molecule has 3 aromatic rings. The molecule has 35 heavy (non-hydrogen) atoms. The molecule has 184 valence electrons. The van der Waals surface area contributed by atoms with Gasteiger partial charge in [-0.1, -0.05) is 0 Å². The highest BCUT2D eigenvalue weighted by Crippen LogP contribution is 2.34. The number of carbonyl (C=O) groups is 2. The first kappa shape index (κ1) is 25.3. The second-order valence-corrected chi connectivity index (χ2v) is 7.26. The number of pyridine rings is 1. The van der Waals surface area contributed by atoms with Crippen molar-refractivity contribution in [2.24, 2.45) is 0 Å². The lowest BCUT2D eigenvalue weighted by Crippen LogP contribution is -2.29. The third-order valence-electron chi connectivity index (χ3n) is 4.90. The van der Waals surface area contributed by atoms with Gasteiger partial charge in [0, 0.05) is 36.2 Å². The lowest BCUT2D eigenvalue weighted by Gasteiger charge is -2.22. The second-order valence-electron chi connectivity index (χ2n) is 7.26. The Morgan fingerprint density at radius 3 is 2.31 bits per heavy atom. The molecule has 0 fully saturated rings. The molecule has 0 radical (unpaired) electrons. The molecule has 1 aromatic heterocycles. The van der Waals surface area contributed by atoms with Crippen LogP contribution in [0.15, 0.2) is 60.8 Å². The van der Waals surface area contributed by atoms with Crippen LogP contribution in [-0.2, 0) is 11.0 Å². The molecular formula is C24H22F3N3O5. The Kier molecular flexibility index (Phi) is 7.80. The molecule has 2 N–H and O–H groups in total. The number of halogens is 3. The van der Waals surface area contributed by atoms with E-state index in [2.05, 4.69) is 10.3 Å². The van der Waals surface area contributed by atoms with Gasteiger partial charge >= 0.3 is 12.1 Å². The fourth-order valence-electron chi connectivity index (χ4n) is 3.12. The van der Waals surface area contributed by atoms with Crippen molar-refractivity contribution < 1.29 is 37.3 Å². The standard InChI is InChI=1S/C24H22F3N3O5/c1-3-30(14-22(31)32)18-9-10-19(20(12-18)34-2)35-21-11-4-15(13-28-21)23(33)29-17-7-5-16(6-8-17)24(25,26)27/h4-13H,3,14H2,1-2H3,(H,29,33)(H,31,32). The van der Waals surface area contributed by atoms with Gasteiger partial charge in [0.05, 0.1) is 18.2 Å². The van der Waals surface area contributed by atoms with Crippen LogP contribution < -0.4 is 19.7 Å². The van der Waals surface area contributed by atoms with Crippen LogP contribution in [0.25, 0.3) is 0 Å². The lowest BCUT2D eigenvalue weighted by molar-refractivity contribution is -0.137. The third-order valence-corrected chi connectivity index (χ3v) is 4.90. The number of methoxy groups -OCH3 is 1. The molecule has 8 nitrogen and oxygen atoms in total. The van der Waals surface area contributed by atoms with E-state index in [-0.39, 0.29) is 23.7 Å². The Bertz CT molecular complexity index is 1180. The summed E-state index contributed by atoms with van der Waals surface area (Å²) >= 11 is 0. The summed E-state index contributed by atoms with van der Waals surface area (Å²) in [6, 6.07) is 12.0. The van der Waals surface area contributed by atoms with Crippen molar-refractivity contribution in [2.45, 2.75) is 13.1 Å². The molecular weight excluding hydrogens is 467 g/mol. The number of aliphatic carboxylic acids is 1. The van der Waals surface area contributed by atoms with Crippen LogP contribution in [0.2, 0.25) is 0 Å². The molecule has 0 aliphatic rings. The zero-order valence-corrected chi connectivity index (χ0v) is 18.8. The van der Waals surface area contributed by atoms with Gasteiger partial charge in [0.1, 0.15) is 6.54 Å².